The summed E-state index contributed by atoms with van der Waals surface area (Å²) in [5, 5.41) is 9.37. The van der Waals surface area contributed by atoms with Crippen LogP contribution in [0.15, 0.2) is 0 Å². The molecule has 70 valence electrons. The van der Waals surface area contributed by atoms with Gasteiger partial charge >= 0.3 is 0 Å². The summed E-state index contributed by atoms with van der Waals surface area (Å²) < 4.78 is 0. The van der Waals surface area contributed by atoms with Gasteiger partial charge in [0, 0.05) is 19.1 Å². The van der Waals surface area contributed by atoms with Gasteiger partial charge in [0.05, 0.1) is 6.10 Å². The van der Waals surface area contributed by atoms with Crippen molar-refractivity contribution < 1.29 is 5.11 Å². The van der Waals surface area contributed by atoms with Gasteiger partial charge in [-0.1, -0.05) is 13.8 Å². The lowest BCUT2D eigenvalue weighted by molar-refractivity contribution is -0.00752. The first-order valence-corrected chi connectivity index (χ1v) is 4.99. The van der Waals surface area contributed by atoms with Gasteiger partial charge in [0.1, 0.15) is 0 Å². The van der Waals surface area contributed by atoms with E-state index >= 15 is 0 Å². The zero-order valence-electron chi connectivity index (χ0n) is 8.08. The molecule has 0 aromatic carbocycles. The van der Waals surface area contributed by atoms with Crippen molar-refractivity contribution in [3.63, 3.8) is 0 Å². The number of likely N-dealkylation sites (tertiary alicyclic amines) is 1. The minimum absolute atomic E-state index is 0.0151. The van der Waals surface area contributed by atoms with Crippen LogP contribution in [0.4, 0.5) is 0 Å². The smallest absolute Gasteiger partial charge is 0.0555 e. The molecule has 1 aliphatic carbocycles. The van der Waals surface area contributed by atoms with Crippen LogP contribution in [0.3, 0.4) is 0 Å². The Morgan fingerprint density at radius 2 is 1.92 bits per heavy atom. The minimum atomic E-state index is -0.0151. The Kier molecular flexibility index (Phi) is 1.92. The van der Waals surface area contributed by atoms with E-state index in [9.17, 15) is 5.11 Å². The second-order valence-electron chi connectivity index (χ2n) is 5.19. The molecular formula is C10H19NO. The lowest BCUT2D eigenvalue weighted by Crippen LogP contribution is -2.56. The van der Waals surface area contributed by atoms with E-state index in [-0.39, 0.29) is 6.10 Å². The van der Waals surface area contributed by atoms with Gasteiger partial charge in [-0.2, -0.15) is 0 Å². The van der Waals surface area contributed by atoms with Crippen molar-refractivity contribution in [2.24, 2.45) is 5.41 Å². The number of rotatable bonds is 1. The van der Waals surface area contributed by atoms with Crippen LogP contribution in [0.2, 0.25) is 0 Å². The van der Waals surface area contributed by atoms with Crippen molar-refractivity contribution in [2.45, 2.75) is 45.3 Å². The predicted molar refractivity (Wildman–Crippen MR) is 49.0 cm³/mol. The first kappa shape index (κ1) is 8.52. The summed E-state index contributed by atoms with van der Waals surface area (Å²) in [6.07, 6.45) is 3.22. The third-order valence-electron chi connectivity index (χ3n) is 3.16. The molecule has 1 saturated heterocycles. The second kappa shape index (κ2) is 2.71. The summed E-state index contributed by atoms with van der Waals surface area (Å²) in [7, 11) is 0. The summed E-state index contributed by atoms with van der Waals surface area (Å²) in [5.74, 6) is 0. The summed E-state index contributed by atoms with van der Waals surface area (Å²) in [6.45, 7) is 7.08. The number of nitrogens with zero attached hydrogens (tertiary/aromatic N) is 1. The summed E-state index contributed by atoms with van der Waals surface area (Å²) in [6, 6.07) is 0.688. The van der Waals surface area contributed by atoms with E-state index in [2.05, 4.69) is 18.7 Å². The van der Waals surface area contributed by atoms with E-state index < -0.39 is 0 Å². The molecule has 1 saturated carbocycles. The Balaban J connectivity index is 1.81. The highest BCUT2D eigenvalue weighted by Gasteiger charge is 2.40. The predicted octanol–water partition coefficient (Wildman–Crippen LogP) is 1.24. The maximum atomic E-state index is 9.37. The van der Waals surface area contributed by atoms with Crippen LogP contribution in [0.5, 0.6) is 0 Å². The molecule has 2 unspecified atom stereocenters. The molecule has 1 aliphatic heterocycles. The molecule has 0 spiro atoms. The molecule has 2 rings (SSSR count). The highest BCUT2D eigenvalue weighted by molar-refractivity contribution is 4.94. The topological polar surface area (TPSA) is 23.5 Å². The lowest BCUT2D eigenvalue weighted by atomic mass is 9.83. The SMILES string of the molecule is CC1(C)CN(C2CCC(O)C2)C1. The highest BCUT2D eigenvalue weighted by Crippen LogP contribution is 2.35. The van der Waals surface area contributed by atoms with Gasteiger partial charge < -0.3 is 5.11 Å². The fourth-order valence-corrected chi connectivity index (χ4v) is 2.58. The van der Waals surface area contributed by atoms with Gasteiger partial charge in [0.2, 0.25) is 0 Å². The van der Waals surface area contributed by atoms with Gasteiger partial charge in [-0.3, -0.25) is 4.90 Å². The molecule has 2 nitrogen and oxygen atoms in total. The number of aliphatic hydroxyl groups is 1. The normalized spacial score (nSPS) is 41.2. The maximum Gasteiger partial charge on any atom is 0.0555 e. The molecule has 1 N–H and O–H groups in total. The third kappa shape index (κ3) is 1.50. The summed E-state index contributed by atoms with van der Waals surface area (Å²) in [5.41, 5.74) is 0.535. The van der Waals surface area contributed by atoms with E-state index in [1.54, 1.807) is 0 Å². The molecule has 2 heteroatoms. The second-order valence-corrected chi connectivity index (χ2v) is 5.19. The zero-order chi connectivity index (χ0) is 8.77. The summed E-state index contributed by atoms with van der Waals surface area (Å²) in [4.78, 5) is 2.52. The first-order chi connectivity index (χ1) is 5.57. The largest absolute Gasteiger partial charge is 0.393 e. The van der Waals surface area contributed by atoms with E-state index in [1.807, 2.05) is 0 Å². The average molecular weight is 169 g/mol. The molecule has 2 aliphatic rings. The molecular weight excluding hydrogens is 150 g/mol. The maximum absolute atomic E-state index is 9.37. The standard InChI is InChI=1S/C10H19NO/c1-10(2)6-11(7-10)8-3-4-9(12)5-8/h8-9,12H,3-7H2,1-2H3. The fraction of sp³-hybridized carbons (Fsp3) is 1.00. The Bertz CT molecular complexity index is 171. The van der Waals surface area contributed by atoms with Gasteiger partial charge in [-0.15, -0.1) is 0 Å². The van der Waals surface area contributed by atoms with Crippen molar-refractivity contribution in [3.05, 3.63) is 0 Å². The molecule has 0 aromatic rings. The molecule has 0 aromatic heterocycles. The van der Waals surface area contributed by atoms with Crippen LogP contribution in [0, 0.1) is 5.41 Å². The number of hydrogen-bond donors (Lipinski definition) is 1. The number of aliphatic hydroxyl groups excluding tert-OH is 1. The molecule has 12 heavy (non-hydrogen) atoms. The van der Waals surface area contributed by atoms with E-state index in [0.29, 0.717) is 11.5 Å². The highest BCUT2D eigenvalue weighted by atomic mass is 16.3. The zero-order valence-corrected chi connectivity index (χ0v) is 8.08. The molecule has 2 atom stereocenters. The molecule has 2 fully saturated rings. The fourth-order valence-electron chi connectivity index (χ4n) is 2.58. The lowest BCUT2D eigenvalue weighted by Gasteiger charge is -2.49. The quantitative estimate of drug-likeness (QED) is 0.638. The monoisotopic (exact) mass is 169 g/mol. The van der Waals surface area contributed by atoms with E-state index in [0.717, 1.165) is 12.8 Å². The van der Waals surface area contributed by atoms with Gasteiger partial charge in [0.15, 0.2) is 0 Å². The number of hydrogen-bond acceptors (Lipinski definition) is 2. The van der Waals surface area contributed by atoms with E-state index in [4.69, 9.17) is 0 Å². The third-order valence-corrected chi connectivity index (χ3v) is 3.16. The Morgan fingerprint density at radius 1 is 1.25 bits per heavy atom. The van der Waals surface area contributed by atoms with Crippen molar-refractivity contribution in [1.29, 1.82) is 0 Å². The first-order valence-electron chi connectivity index (χ1n) is 4.99. The Labute approximate surface area is 74.6 Å². The van der Waals surface area contributed by atoms with Crippen molar-refractivity contribution in [3.8, 4) is 0 Å². The van der Waals surface area contributed by atoms with Crippen molar-refractivity contribution >= 4 is 0 Å². The van der Waals surface area contributed by atoms with Gasteiger partial charge in [-0.05, 0) is 24.7 Å². The average Bonchev–Trinajstić information content (AvgIpc) is 2.30. The van der Waals surface area contributed by atoms with Crippen LogP contribution in [0.1, 0.15) is 33.1 Å². The van der Waals surface area contributed by atoms with Crippen molar-refractivity contribution in [2.75, 3.05) is 13.1 Å². The van der Waals surface area contributed by atoms with Crippen LogP contribution >= 0.6 is 0 Å². The Hall–Kier alpha value is -0.0800. The van der Waals surface area contributed by atoms with Gasteiger partial charge in [-0.25, -0.2) is 0 Å². The Morgan fingerprint density at radius 3 is 2.33 bits per heavy atom. The van der Waals surface area contributed by atoms with Crippen molar-refractivity contribution in [1.82, 2.24) is 4.90 Å². The van der Waals surface area contributed by atoms with Crippen LogP contribution in [-0.4, -0.2) is 35.2 Å². The summed E-state index contributed by atoms with van der Waals surface area (Å²) >= 11 is 0. The molecule has 0 radical (unpaired) electrons. The molecule has 0 amide bonds. The van der Waals surface area contributed by atoms with Crippen LogP contribution < -0.4 is 0 Å². The van der Waals surface area contributed by atoms with Crippen LogP contribution in [0.25, 0.3) is 0 Å². The van der Waals surface area contributed by atoms with Crippen LogP contribution in [-0.2, 0) is 0 Å². The van der Waals surface area contributed by atoms with Gasteiger partial charge in [0.25, 0.3) is 0 Å². The molecule has 0 bridgehead atoms. The van der Waals surface area contributed by atoms with E-state index in [1.165, 1.54) is 19.5 Å². The molecule has 1 heterocycles. The minimum Gasteiger partial charge on any atom is -0.393 e.